The summed E-state index contributed by atoms with van der Waals surface area (Å²) in [5.41, 5.74) is 6.90. The van der Waals surface area contributed by atoms with E-state index < -0.39 is 0 Å². The lowest BCUT2D eigenvalue weighted by atomic mass is 9.70. The van der Waals surface area contributed by atoms with Crippen LogP contribution < -0.4 is 5.73 Å². The molecule has 0 heterocycles. The van der Waals surface area contributed by atoms with Gasteiger partial charge in [-0.2, -0.15) is 0 Å². The van der Waals surface area contributed by atoms with Crippen molar-refractivity contribution in [2.45, 2.75) is 40.0 Å². The van der Waals surface area contributed by atoms with E-state index in [1.807, 2.05) is 0 Å². The molecule has 0 saturated heterocycles. The molecular formula is C12H20N2O. The third-order valence-corrected chi connectivity index (χ3v) is 4.94. The summed E-state index contributed by atoms with van der Waals surface area (Å²) in [5, 5.41) is 0. The summed E-state index contributed by atoms with van der Waals surface area (Å²) in [4.78, 5) is 15.2. The topological polar surface area (TPSA) is 55.4 Å². The molecule has 2 bridgehead atoms. The molecular weight excluding hydrogens is 188 g/mol. The number of hydrogen-bond acceptors (Lipinski definition) is 2. The van der Waals surface area contributed by atoms with Crippen LogP contribution in [0.5, 0.6) is 0 Å². The van der Waals surface area contributed by atoms with Gasteiger partial charge < -0.3 is 5.73 Å². The molecule has 0 aromatic carbocycles. The number of hydrogen-bond donors (Lipinski definition) is 1. The summed E-state index contributed by atoms with van der Waals surface area (Å²) >= 11 is 0. The van der Waals surface area contributed by atoms with E-state index in [1.54, 1.807) is 0 Å². The van der Waals surface area contributed by atoms with Crippen LogP contribution in [0.25, 0.3) is 0 Å². The Balaban J connectivity index is 2.26. The molecule has 84 valence electrons. The molecule has 3 heteroatoms. The molecule has 2 atom stereocenters. The van der Waals surface area contributed by atoms with Gasteiger partial charge in [0.05, 0.1) is 0 Å². The summed E-state index contributed by atoms with van der Waals surface area (Å²) in [7, 11) is 0. The highest BCUT2D eigenvalue weighted by Gasteiger charge is 2.59. The quantitative estimate of drug-likeness (QED) is 0.738. The SMILES string of the molecule is CC1(C)[C@@H]2CC[C@@]1(C)C(=NCC(N)=O)C2. The fourth-order valence-corrected chi connectivity index (χ4v) is 3.34. The number of carbonyl (C=O) groups excluding carboxylic acids is 1. The maximum absolute atomic E-state index is 10.7. The minimum Gasteiger partial charge on any atom is -0.368 e. The lowest BCUT2D eigenvalue weighted by Gasteiger charge is -2.34. The Kier molecular flexibility index (Phi) is 2.18. The summed E-state index contributed by atoms with van der Waals surface area (Å²) < 4.78 is 0. The van der Waals surface area contributed by atoms with Crippen molar-refractivity contribution in [1.82, 2.24) is 0 Å². The zero-order chi connectivity index (χ0) is 11.3. The van der Waals surface area contributed by atoms with E-state index in [0.29, 0.717) is 5.41 Å². The number of carbonyl (C=O) groups is 1. The molecule has 0 unspecified atom stereocenters. The average Bonchev–Trinajstić information content (AvgIpc) is 2.46. The van der Waals surface area contributed by atoms with Crippen molar-refractivity contribution in [2.24, 2.45) is 27.5 Å². The fourth-order valence-electron chi connectivity index (χ4n) is 3.34. The van der Waals surface area contributed by atoms with Crippen molar-refractivity contribution in [3.05, 3.63) is 0 Å². The lowest BCUT2D eigenvalue weighted by Crippen LogP contribution is -2.33. The Morgan fingerprint density at radius 1 is 1.53 bits per heavy atom. The van der Waals surface area contributed by atoms with Crippen molar-refractivity contribution < 1.29 is 4.79 Å². The first-order valence-electron chi connectivity index (χ1n) is 5.70. The van der Waals surface area contributed by atoms with Crippen LogP contribution in [0.1, 0.15) is 40.0 Å². The Labute approximate surface area is 91.1 Å². The van der Waals surface area contributed by atoms with Crippen LogP contribution in [-0.4, -0.2) is 18.2 Å². The van der Waals surface area contributed by atoms with Gasteiger partial charge in [-0.05, 0) is 30.6 Å². The van der Waals surface area contributed by atoms with E-state index >= 15 is 0 Å². The van der Waals surface area contributed by atoms with Gasteiger partial charge in [-0.25, -0.2) is 0 Å². The lowest BCUT2D eigenvalue weighted by molar-refractivity contribution is -0.116. The highest BCUT2D eigenvalue weighted by Crippen LogP contribution is 2.63. The summed E-state index contributed by atoms with van der Waals surface area (Å²) in [5.74, 6) is 0.417. The molecule has 2 saturated carbocycles. The molecule has 2 N–H and O–H groups in total. The first kappa shape index (κ1) is 10.7. The van der Waals surface area contributed by atoms with Gasteiger partial charge in [-0.3, -0.25) is 9.79 Å². The number of rotatable bonds is 2. The first-order chi connectivity index (χ1) is 6.88. The van der Waals surface area contributed by atoms with E-state index in [4.69, 9.17) is 5.73 Å². The molecule has 0 aliphatic heterocycles. The van der Waals surface area contributed by atoms with E-state index in [0.717, 1.165) is 12.3 Å². The van der Waals surface area contributed by atoms with Gasteiger partial charge in [0.2, 0.25) is 5.91 Å². The zero-order valence-corrected chi connectivity index (χ0v) is 9.84. The van der Waals surface area contributed by atoms with Gasteiger partial charge in [-0.1, -0.05) is 20.8 Å². The number of fused-ring (bicyclic) bond motifs is 2. The maximum Gasteiger partial charge on any atom is 0.239 e. The van der Waals surface area contributed by atoms with E-state index in [9.17, 15) is 4.79 Å². The molecule has 15 heavy (non-hydrogen) atoms. The molecule has 2 aliphatic rings. The van der Waals surface area contributed by atoms with Crippen molar-refractivity contribution in [1.29, 1.82) is 0 Å². The summed E-state index contributed by atoms with van der Waals surface area (Å²) in [6.45, 7) is 7.11. The number of primary amides is 1. The summed E-state index contributed by atoms with van der Waals surface area (Å²) in [6, 6.07) is 0. The predicted octanol–water partition coefficient (Wildman–Crippen LogP) is 1.76. The van der Waals surface area contributed by atoms with Crippen LogP contribution in [-0.2, 0) is 4.79 Å². The number of aliphatic imine (C=N–C) groups is 1. The monoisotopic (exact) mass is 208 g/mol. The second-order valence-electron chi connectivity index (χ2n) is 5.72. The minimum absolute atomic E-state index is 0.160. The Hall–Kier alpha value is -0.860. The molecule has 2 aliphatic carbocycles. The molecule has 3 nitrogen and oxygen atoms in total. The molecule has 0 aromatic rings. The molecule has 1 amide bonds. The van der Waals surface area contributed by atoms with Crippen LogP contribution in [0.15, 0.2) is 4.99 Å². The Morgan fingerprint density at radius 3 is 2.60 bits per heavy atom. The number of amides is 1. The number of nitrogens with two attached hydrogens (primary N) is 1. The number of nitrogens with zero attached hydrogens (tertiary/aromatic N) is 1. The van der Waals surface area contributed by atoms with Crippen LogP contribution in [0.2, 0.25) is 0 Å². The molecule has 2 fully saturated rings. The second kappa shape index (κ2) is 3.06. The highest BCUT2D eigenvalue weighted by molar-refractivity contribution is 5.95. The minimum atomic E-state index is -0.327. The van der Waals surface area contributed by atoms with E-state index in [1.165, 1.54) is 18.6 Å². The van der Waals surface area contributed by atoms with Crippen molar-refractivity contribution in [2.75, 3.05) is 6.54 Å². The largest absolute Gasteiger partial charge is 0.368 e. The molecule has 0 radical (unpaired) electrons. The van der Waals surface area contributed by atoms with Gasteiger partial charge in [0.1, 0.15) is 6.54 Å². The second-order valence-corrected chi connectivity index (χ2v) is 5.72. The Bertz CT molecular complexity index is 333. The fraction of sp³-hybridized carbons (Fsp3) is 0.833. The van der Waals surface area contributed by atoms with Crippen LogP contribution in [0, 0.1) is 16.7 Å². The van der Waals surface area contributed by atoms with E-state index in [-0.39, 0.29) is 17.9 Å². The molecule has 0 aromatic heterocycles. The van der Waals surface area contributed by atoms with Gasteiger partial charge in [-0.15, -0.1) is 0 Å². The van der Waals surface area contributed by atoms with Gasteiger partial charge in [0, 0.05) is 11.1 Å². The Morgan fingerprint density at radius 2 is 2.20 bits per heavy atom. The predicted molar refractivity (Wildman–Crippen MR) is 60.7 cm³/mol. The standard InChI is InChI=1S/C12H20N2O/c1-11(2)8-4-5-12(11,3)9(6-8)14-7-10(13)15/h8H,4-7H2,1-3H3,(H2,13,15)/t8-,12+/m1/s1. The molecule has 0 spiro atoms. The maximum atomic E-state index is 10.7. The van der Waals surface area contributed by atoms with Crippen molar-refractivity contribution >= 4 is 11.6 Å². The normalized spacial score (nSPS) is 39.9. The highest BCUT2D eigenvalue weighted by atomic mass is 16.1. The van der Waals surface area contributed by atoms with Crippen LogP contribution in [0.4, 0.5) is 0 Å². The smallest absolute Gasteiger partial charge is 0.239 e. The van der Waals surface area contributed by atoms with Gasteiger partial charge in [0.25, 0.3) is 0 Å². The first-order valence-corrected chi connectivity index (χ1v) is 5.70. The van der Waals surface area contributed by atoms with Crippen LogP contribution in [0.3, 0.4) is 0 Å². The van der Waals surface area contributed by atoms with E-state index in [2.05, 4.69) is 25.8 Å². The van der Waals surface area contributed by atoms with Crippen molar-refractivity contribution in [3.63, 3.8) is 0 Å². The van der Waals surface area contributed by atoms with Crippen LogP contribution >= 0.6 is 0 Å². The van der Waals surface area contributed by atoms with Crippen molar-refractivity contribution in [3.8, 4) is 0 Å². The van der Waals surface area contributed by atoms with Gasteiger partial charge in [0.15, 0.2) is 0 Å². The third kappa shape index (κ3) is 1.32. The zero-order valence-electron chi connectivity index (χ0n) is 9.84. The van der Waals surface area contributed by atoms with Gasteiger partial charge >= 0.3 is 0 Å². The average molecular weight is 208 g/mol. The summed E-state index contributed by atoms with van der Waals surface area (Å²) in [6.07, 6.45) is 3.58. The third-order valence-electron chi connectivity index (χ3n) is 4.94. The molecule has 2 rings (SSSR count).